The van der Waals surface area contributed by atoms with Crippen LogP contribution < -0.4 is 10.1 Å². The molecule has 0 radical (unpaired) electrons. The molecule has 0 bridgehead atoms. The SMILES string of the molecule is CCOc1ccc(S(=O)(=O)N2CCCCC2)cc1NC(=O)c1cc(C)sc1C. The van der Waals surface area contributed by atoms with Gasteiger partial charge in [-0.15, -0.1) is 11.3 Å². The first-order valence-electron chi connectivity index (χ1n) is 9.48. The molecule has 3 rings (SSSR count). The van der Waals surface area contributed by atoms with Crippen LogP contribution in [-0.4, -0.2) is 38.3 Å². The average molecular weight is 423 g/mol. The van der Waals surface area contributed by atoms with Crippen LogP contribution in [0.4, 0.5) is 5.69 Å². The molecule has 0 atom stereocenters. The standard InChI is InChI=1S/C20H26N2O4S2/c1-4-26-19-9-8-16(28(24,25)22-10-6-5-7-11-22)13-18(19)21-20(23)17-12-14(2)27-15(17)3/h8-9,12-13H,4-7,10-11H2,1-3H3,(H,21,23). The molecule has 8 heteroatoms. The second-order valence-electron chi connectivity index (χ2n) is 6.84. The Morgan fingerprint density at radius 1 is 1.18 bits per heavy atom. The minimum absolute atomic E-state index is 0.173. The smallest absolute Gasteiger partial charge is 0.256 e. The molecule has 1 aliphatic heterocycles. The Balaban J connectivity index is 1.93. The molecule has 1 aromatic heterocycles. The number of aryl methyl sites for hydroxylation is 2. The molecular formula is C20H26N2O4S2. The Bertz CT molecular complexity index is 961. The zero-order valence-corrected chi connectivity index (χ0v) is 18.1. The number of hydrogen-bond acceptors (Lipinski definition) is 5. The minimum atomic E-state index is -3.59. The Labute approximate surface area is 170 Å². The summed E-state index contributed by atoms with van der Waals surface area (Å²) < 4.78 is 33.1. The lowest BCUT2D eigenvalue weighted by molar-refractivity contribution is 0.102. The van der Waals surface area contributed by atoms with E-state index >= 15 is 0 Å². The highest BCUT2D eigenvalue weighted by molar-refractivity contribution is 7.89. The number of anilines is 1. The molecule has 2 aromatic rings. The van der Waals surface area contributed by atoms with E-state index < -0.39 is 10.0 Å². The maximum Gasteiger partial charge on any atom is 0.256 e. The molecular weight excluding hydrogens is 396 g/mol. The van der Waals surface area contributed by atoms with E-state index in [0.29, 0.717) is 36.7 Å². The monoisotopic (exact) mass is 422 g/mol. The first-order chi connectivity index (χ1) is 13.3. The van der Waals surface area contributed by atoms with Gasteiger partial charge in [0.15, 0.2) is 0 Å². The molecule has 1 N–H and O–H groups in total. The molecule has 1 aromatic carbocycles. The van der Waals surface area contributed by atoms with Gasteiger partial charge in [0.05, 0.1) is 22.8 Å². The Hall–Kier alpha value is -1.90. The molecule has 2 heterocycles. The quantitative estimate of drug-likeness (QED) is 0.757. The summed E-state index contributed by atoms with van der Waals surface area (Å²) in [7, 11) is -3.59. The van der Waals surface area contributed by atoms with Gasteiger partial charge >= 0.3 is 0 Å². The Morgan fingerprint density at radius 3 is 2.50 bits per heavy atom. The summed E-state index contributed by atoms with van der Waals surface area (Å²) in [5, 5.41) is 2.84. The van der Waals surface area contributed by atoms with Gasteiger partial charge < -0.3 is 10.1 Å². The van der Waals surface area contributed by atoms with Crippen LogP contribution in [0.5, 0.6) is 5.75 Å². The van der Waals surface area contributed by atoms with Gasteiger partial charge in [-0.05, 0) is 57.9 Å². The van der Waals surface area contributed by atoms with E-state index in [0.717, 1.165) is 29.0 Å². The number of amides is 1. The van der Waals surface area contributed by atoms with Crippen LogP contribution in [-0.2, 0) is 10.0 Å². The third-order valence-corrected chi connectivity index (χ3v) is 7.60. The zero-order valence-electron chi connectivity index (χ0n) is 16.4. The molecule has 6 nitrogen and oxygen atoms in total. The summed E-state index contributed by atoms with van der Waals surface area (Å²) in [6, 6.07) is 6.50. The van der Waals surface area contributed by atoms with Crippen LogP contribution in [0, 0.1) is 13.8 Å². The predicted octanol–water partition coefficient (Wildman–Crippen LogP) is 4.19. The van der Waals surface area contributed by atoms with Crippen molar-refractivity contribution < 1.29 is 17.9 Å². The molecule has 1 amide bonds. The fourth-order valence-corrected chi connectivity index (χ4v) is 5.81. The third kappa shape index (κ3) is 4.39. The number of hydrogen-bond donors (Lipinski definition) is 1. The fourth-order valence-electron chi connectivity index (χ4n) is 3.35. The highest BCUT2D eigenvalue weighted by Crippen LogP contribution is 2.31. The van der Waals surface area contributed by atoms with Gasteiger partial charge in [0.2, 0.25) is 10.0 Å². The third-order valence-electron chi connectivity index (χ3n) is 4.74. The van der Waals surface area contributed by atoms with E-state index in [1.54, 1.807) is 23.5 Å². The normalized spacial score (nSPS) is 15.4. The molecule has 1 saturated heterocycles. The molecule has 0 saturated carbocycles. The first-order valence-corrected chi connectivity index (χ1v) is 11.7. The predicted molar refractivity (Wildman–Crippen MR) is 112 cm³/mol. The maximum atomic E-state index is 13.0. The van der Waals surface area contributed by atoms with Gasteiger partial charge in [0.25, 0.3) is 5.91 Å². The number of carbonyl (C=O) groups excluding carboxylic acids is 1. The van der Waals surface area contributed by atoms with Gasteiger partial charge in [-0.3, -0.25) is 4.79 Å². The van der Waals surface area contributed by atoms with Crippen LogP contribution in [0.2, 0.25) is 0 Å². The number of rotatable bonds is 6. The summed E-state index contributed by atoms with van der Waals surface area (Å²) in [5.41, 5.74) is 0.961. The summed E-state index contributed by atoms with van der Waals surface area (Å²) >= 11 is 1.55. The van der Waals surface area contributed by atoms with Crippen LogP contribution >= 0.6 is 11.3 Å². The van der Waals surface area contributed by atoms with Crippen molar-refractivity contribution in [3.05, 3.63) is 39.6 Å². The lowest BCUT2D eigenvalue weighted by atomic mass is 10.2. The van der Waals surface area contributed by atoms with Crippen molar-refractivity contribution in [1.29, 1.82) is 0 Å². The maximum absolute atomic E-state index is 13.0. The lowest BCUT2D eigenvalue weighted by Crippen LogP contribution is -2.35. The Kier molecular flexibility index (Phi) is 6.42. The van der Waals surface area contributed by atoms with Crippen molar-refractivity contribution >= 4 is 33.0 Å². The van der Waals surface area contributed by atoms with E-state index in [9.17, 15) is 13.2 Å². The molecule has 0 spiro atoms. The van der Waals surface area contributed by atoms with E-state index in [2.05, 4.69) is 5.32 Å². The molecule has 0 unspecified atom stereocenters. The van der Waals surface area contributed by atoms with Crippen molar-refractivity contribution in [2.24, 2.45) is 0 Å². The number of sulfonamides is 1. The minimum Gasteiger partial charge on any atom is -0.492 e. The van der Waals surface area contributed by atoms with E-state index in [1.807, 2.05) is 26.8 Å². The lowest BCUT2D eigenvalue weighted by Gasteiger charge is -2.26. The second-order valence-corrected chi connectivity index (χ2v) is 10.2. The zero-order chi connectivity index (χ0) is 20.3. The van der Waals surface area contributed by atoms with Gasteiger partial charge in [-0.2, -0.15) is 4.31 Å². The summed E-state index contributed by atoms with van der Waals surface area (Å²) in [5.74, 6) is 0.188. The van der Waals surface area contributed by atoms with Gasteiger partial charge in [-0.25, -0.2) is 8.42 Å². The van der Waals surface area contributed by atoms with Crippen LogP contribution in [0.25, 0.3) is 0 Å². The number of nitrogens with zero attached hydrogens (tertiary/aromatic N) is 1. The molecule has 28 heavy (non-hydrogen) atoms. The molecule has 1 aliphatic rings. The van der Waals surface area contributed by atoms with E-state index in [4.69, 9.17) is 4.74 Å². The number of benzene rings is 1. The first kappa shape index (κ1) is 20.8. The van der Waals surface area contributed by atoms with Crippen molar-refractivity contribution in [3.8, 4) is 5.75 Å². The molecule has 152 valence electrons. The van der Waals surface area contributed by atoms with Crippen LogP contribution in [0.15, 0.2) is 29.2 Å². The Morgan fingerprint density at radius 2 is 1.89 bits per heavy atom. The van der Waals surface area contributed by atoms with Gasteiger partial charge in [0.1, 0.15) is 5.75 Å². The van der Waals surface area contributed by atoms with Gasteiger partial charge in [-0.1, -0.05) is 6.42 Å². The number of carbonyl (C=O) groups is 1. The van der Waals surface area contributed by atoms with E-state index in [1.165, 1.54) is 10.4 Å². The molecule has 1 fully saturated rings. The van der Waals surface area contributed by atoms with Crippen molar-refractivity contribution in [2.75, 3.05) is 25.0 Å². The van der Waals surface area contributed by atoms with Crippen molar-refractivity contribution in [3.63, 3.8) is 0 Å². The van der Waals surface area contributed by atoms with Crippen LogP contribution in [0.1, 0.15) is 46.3 Å². The topological polar surface area (TPSA) is 75.7 Å². The summed E-state index contributed by atoms with van der Waals surface area (Å²) in [4.78, 5) is 14.9. The largest absolute Gasteiger partial charge is 0.492 e. The second kappa shape index (κ2) is 8.63. The number of nitrogens with one attached hydrogen (secondary N) is 1. The van der Waals surface area contributed by atoms with Crippen LogP contribution in [0.3, 0.4) is 0 Å². The van der Waals surface area contributed by atoms with Gasteiger partial charge in [0, 0.05) is 22.8 Å². The fraction of sp³-hybridized carbons (Fsp3) is 0.450. The number of thiophene rings is 1. The number of piperidine rings is 1. The summed E-state index contributed by atoms with van der Waals surface area (Å²) in [6.45, 7) is 7.17. The highest BCUT2D eigenvalue weighted by atomic mass is 32.2. The van der Waals surface area contributed by atoms with Crippen molar-refractivity contribution in [2.45, 2.75) is 44.9 Å². The molecule has 0 aliphatic carbocycles. The highest BCUT2D eigenvalue weighted by Gasteiger charge is 2.27. The average Bonchev–Trinajstić information content (AvgIpc) is 3.02. The van der Waals surface area contributed by atoms with Crippen molar-refractivity contribution in [1.82, 2.24) is 4.31 Å². The number of ether oxygens (including phenoxy) is 1. The summed E-state index contributed by atoms with van der Waals surface area (Å²) in [6.07, 6.45) is 2.79. The van der Waals surface area contributed by atoms with E-state index in [-0.39, 0.29) is 10.8 Å².